The molecule has 0 amide bonds. The molecule has 10 heavy (non-hydrogen) atoms. The van der Waals surface area contributed by atoms with Crippen LogP contribution >= 0.6 is 0 Å². The molecular formula is H2Cr2O7Rb. The summed E-state index contributed by atoms with van der Waals surface area (Å²) in [4.78, 5) is 0. The molecule has 0 aliphatic rings. The fourth-order valence-corrected chi connectivity index (χ4v) is 1.85. The molecule has 0 bridgehead atoms. The van der Waals surface area contributed by atoms with E-state index >= 15 is 0 Å². The van der Waals surface area contributed by atoms with E-state index in [1.54, 1.807) is 0 Å². The predicted molar refractivity (Wildman–Crippen MR) is 14.0 cm³/mol. The molecule has 0 fully saturated rings. The molecule has 0 aliphatic carbocycles. The zero-order chi connectivity index (χ0) is 7.71. The quantitative estimate of drug-likeness (QED) is 0.603. The molecular weight excluding hydrogens is 301 g/mol. The first-order chi connectivity index (χ1) is 3.71. The minimum Gasteiger partial charge on any atom is 0 e. The average Bonchev–Trinajstić information content (AvgIpc) is 1.14. The number of rotatable bonds is 2. The van der Waals surface area contributed by atoms with Crippen molar-refractivity contribution in [1.82, 2.24) is 0 Å². The monoisotopic (exact) mass is 303 g/mol. The van der Waals surface area contributed by atoms with Crippen molar-refractivity contribution in [3.63, 3.8) is 0 Å². The first kappa shape index (κ1) is 14.5. The maximum atomic E-state index is 9.53. The van der Waals surface area contributed by atoms with E-state index in [0.717, 1.165) is 0 Å². The van der Waals surface area contributed by atoms with Crippen molar-refractivity contribution in [1.29, 1.82) is 0 Å². The van der Waals surface area contributed by atoms with Gasteiger partial charge in [0.05, 0.1) is 0 Å². The van der Waals surface area contributed by atoms with Gasteiger partial charge in [-0.05, 0) is 0 Å². The molecule has 0 aliphatic heterocycles. The fraction of sp³-hybridized carbons (Fsp3) is 0. The van der Waals surface area contributed by atoms with Crippen LogP contribution in [0.1, 0.15) is 0 Å². The van der Waals surface area contributed by atoms with E-state index in [2.05, 4.69) is 2.84 Å². The van der Waals surface area contributed by atoms with Crippen LogP contribution in [-0.4, -0.2) is 66.5 Å². The minimum atomic E-state index is -5.76. The summed E-state index contributed by atoms with van der Waals surface area (Å²) in [7, 11) is 0. The Bertz CT molecular complexity index is 237. The van der Waals surface area contributed by atoms with Gasteiger partial charge in [0, 0.05) is 58.2 Å². The normalized spacial score (nSPS) is 12.2. The summed E-state index contributed by atoms with van der Waals surface area (Å²) < 4.78 is 56.3. The van der Waals surface area contributed by atoms with Gasteiger partial charge in [-0.25, -0.2) is 0 Å². The first-order valence-corrected chi connectivity index (χ1v) is 5.63. The molecule has 0 saturated heterocycles. The van der Waals surface area contributed by atoms with Crippen molar-refractivity contribution >= 4 is 58.2 Å². The van der Waals surface area contributed by atoms with E-state index < -0.39 is 27.2 Å². The maximum absolute atomic E-state index is 9.53. The first-order valence-electron chi connectivity index (χ1n) is 1.37. The molecule has 10 heteroatoms. The van der Waals surface area contributed by atoms with Gasteiger partial charge >= 0.3 is 53.6 Å². The third-order valence-corrected chi connectivity index (χ3v) is 2.92. The van der Waals surface area contributed by atoms with Crippen LogP contribution < -0.4 is 0 Å². The summed E-state index contributed by atoms with van der Waals surface area (Å²) in [5, 5.41) is 0. The van der Waals surface area contributed by atoms with Crippen molar-refractivity contribution in [2.24, 2.45) is 0 Å². The molecule has 0 aromatic rings. The Balaban J connectivity index is 0. The molecule has 0 atom stereocenters. The molecule has 0 heterocycles. The summed E-state index contributed by atoms with van der Waals surface area (Å²) in [6, 6.07) is 0. The van der Waals surface area contributed by atoms with Gasteiger partial charge in [0.15, 0.2) is 0 Å². The minimum absolute atomic E-state index is 0. The molecule has 1 radical (unpaired) electrons. The second-order valence-corrected chi connectivity index (χ2v) is 4.68. The molecule has 0 saturated carbocycles. The van der Waals surface area contributed by atoms with Crippen LogP contribution in [0.25, 0.3) is 0 Å². The van der Waals surface area contributed by atoms with Crippen LogP contribution in [0.5, 0.6) is 0 Å². The van der Waals surface area contributed by atoms with E-state index in [-0.39, 0.29) is 58.2 Å². The Morgan fingerprint density at radius 3 is 1.10 bits per heavy atom. The molecule has 0 rings (SSSR count). The van der Waals surface area contributed by atoms with Crippen molar-refractivity contribution in [3.05, 3.63) is 0 Å². The Kier molecular flexibility index (Phi) is 7.02. The summed E-state index contributed by atoms with van der Waals surface area (Å²) in [6.07, 6.45) is 0. The van der Waals surface area contributed by atoms with Crippen molar-refractivity contribution < 1.29 is 53.6 Å². The molecule has 2 N–H and O–H groups in total. The molecule has 0 aromatic heterocycles. The van der Waals surface area contributed by atoms with Gasteiger partial charge in [0.25, 0.3) is 0 Å². The van der Waals surface area contributed by atoms with Crippen LogP contribution in [0.4, 0.5) is 0 Å². The van der Waals surface area contributed by atoms with Gasteiger partial charge in [0.2, 0.25) is 0 Å². The Morgan fingerprint density at radius 2 is 1.10 bits per heavy atom. The van der Waals surface area contributed by atoms with Crippen molar-refractivity contribution in [3.8, 4) is 0 Å². The Morgan fingerprint density at radius 1 is 0.900 bits per heavy atom. The Labute approximate surface area is 109 Å². The van der Waals surface area contributed by atoms with Crippen molar-refractivity contribution in [2.75, 3.05) is 0 Å². The second-order valence-electron chi connectivity index (χ2n) is 0.924. The maximum Gasteiger partial charge on any atom is 0 e. The zero-order valence-electron chi connectivity index (χ0n) is 4.75. The van der Waals surface area contributed by atoms with E-state index in [1.165, 1.54) is 0 Å². The summed E-state index contributed by atoms with van der Waals surface area (Å²) in [5.41, 5.74) is 0. The summed E-state index contributed by atoms with van der Waals surface area (Å²) in [5.74, 6) is 0. The van der Waals surface area contributed by atoms with E-state index in [9.17, 15) is 15.2 Å². The average molecular weight is 303 g/mol. The Hall–Kier alpha value is 1.95. The molecule has 57 valence electrons. The van der Waals surface area contributed by atoms with Gasteiger partial charge in [-0.1, -0.05) is 0 Å². The van der Waals surface area contributed by atoms with Crippen LogP contribution in [0, 0.1) is 0 Å². The second kappa shape index (κ2) is 4.85. The van der Waals surface area contributed by atoms with Crippen molar-refractivity contribution in [2.45, 2.75) is 0 Å². The van der Waals surface area contributed by atoms with Crippen LogP contribution in [0.15, 0.2) is 0 Å². The predicted octanol–water partition coefficient (Wildman–Crippen LogP) is -2.04. The number of hydrogen-bond donors (Lipinski definition) is 2. The standard InChI is InChI=1S/2Cr.2H2O.5O.Rb/h;;2*1H2;;;;;;/q2*+1;;;;;;;;/p-2. The fourth-order valence-electron chi connectivity index (χ4n) is 0.109. The largest absolute Gasteiger partial charge is 0 e. The van der Waals surface area contributed by atoms with Gasteiger partial charge in [-0.2, -0.15) is 0 Å². The van der Waals surface area contributed by atoms with Crippen LogP contribution in [0.2, 0.25) is 0 Å². The van der Waals surface area contributed by atoms with Gasteiger partial charge in [0.1, 0.15) is 0 Å². The van der Waals surface area contributed by atoms with Gasteiger partial charge in [-0.3, -0.25) is 0 Å². The SMILES string of the molecule is [O]=[Cr](=[O])([OH])[O][Cr](=[O])(=[O])[OH].[Rb]. The number of hydrogen-bond acceptors (Lipinski definition) is 5. The third-order valence-electron chi connectivity index (χ3n) is 0.172. The molecule has 0 aromatic carbocycles. The van der Waals surface area contributed by atoms with Gasteiger partial charge in [-0.15, -0.1) is 0 Å². The van der Waals surface area contributed by atoms with Crippen LogP contribution in [-0.2, 0) is 45.3 Å². The van der Waals surface area contributed by atoms with E-state index in [4.69, 9.17) is 8.32 Å². The van der Waals surface area contributed by atoms with E-state index in [1.807, 2.05) is 0 Å². The van der Waals surface area contributed by atoms with Gasteiger partial charge < -0.3 is 0 Å². The topological polar surface area (TPSA) is 118 Å². The summed E-state index contributed by atoms with van der Waals surface area (Å²) >= 11 is -11.5. The molecule has 0 unspecified atom stereocenters. The van der Waals surface area contributed by atoms with Crippen LogP contribution in [0.3, 0.4) is 0 Å². The van der Waals surface area contributed by atoms with E-state index in [0.29, 0.717) is 0 Å². The molecule has 7 nitrogen and oxygen atoms in total. The molecule has 0 spiro atoms. The third kappa shape index (κ3) is 12.6. The summed E-state index contributed by atoms with van der Waals surface area (Å²) in [6.45, 7) is 0. The zero-order valence-corrected chi connectivity index (χ0v) is 12.2. The smallest absolute Gasteiger partial charge is 0 e.